The van der Waals surface area contributed by atoms with Gasteiger partial charge in [-0.15, -0.1) is 0 Å². The van der Waals surface area contributed by atoms with Crippen LogP contribution in [0.25, 0.3) is 10.2 Å². The van der Waals surface area contributed by atoms with E-state index in [9.17, 15) is 18.0 Å². The number of carbonyl (C=O) groups excluding carboxylic acids is 2. The molecule has 0 bridgehead atoms. The van der Waals surface area contributed by atoms with E-state index in [0.717, 1.165) is 11.3 Å². The number of sulfonamides is 1. The third-order valence-electron chi connectivity index (χ3n) is 3.38. The van der Waals surface area contributed by atoms with E-state index in [1.807, 2.05) is 13.8 Å². The lowest BCUT2D eigenvalue weighted by molar-refractivity contribution is -0.143. The van der Waals surface area contributed by atoms with Crippen molar-refractivity contribution in [2.24, 2.45) is 16.0 Å². The van der Waals surface area contributed by atoms with Crippen LogP contribution in [-0.2, 0) is 30.9 Å². The maximum atomic E-state index is 12.1. The zero-order chi connectivity index (χ0) is 19.5. The Kier molecular flexibility index (Phi) is 6.32. The number of nitrogens with two attached hydrogens (primary N) is 1. The second-order valence-corrected chi connectivity index (χ2v) is 8.62. The van der Waals surface area contributed by atoms with Gasteiger partial charge in [-0.1, -0.05) is 25.2 Å². The summed E-state index contributed by atoms with van der Waals surface area (Å²) in [6.45, 7) is 5.61. The quantitative estimate of drug-likeness (QED) is 0.736. The molecule has 1 aromatic carbocycles. The van der Waals surface area contributed by atoms with Gasteiger partial charge in [0.05, 0.1) is 21.7 Å². The molecule has 2 N–H and O–H groups in total. The Morgan fingerprint density at radius 3 is 2.62 bits per heavy atom. The normalized spacial score (nSPS) is 12.7. The number of amides is 1. The SMILES string of the molecule is CCOC(=O)Cn1c(=NC(=O)CC(C)C)sc2cc(S(N)(=O)=O)ccc21. The van der Waals surface area contributed by atoms with Gasteiger partial charge in [0.2, 0.25) is 15.9 Å². The molecular weight excluding hydrogens is 378 g/mol. The molecule has 0 aliphatic heterocycles. The molecule has 0 spiro atoms. The van der Waals surface area contributed by atoms with Gasteiger partial charge in [-0.2, -0.15) is 4.99 Å². The third kappa shape index (κ3) is 4.99. The van der Waals surface area contributed by atoms with E-state index in [1.165, 1.54) is 18.2 Å². The molecule has 1 heterocycles. The number of ether oxygens (including phenoxy) is 1. The molecule has 0 unspecified atom stereocenters. The molecule has 0 radical (unpaired) electrons. The van der Waals surface area contributed by atoms with Gasteiger partial charge in [-0.3, -0.25) is 9.59 Å². The Labute approximate surface area is 155 Å². The first kappa shape index (κ1) is 20.3. The number of thiazole rings is 1. The van der Waals surface area contributed by atoms with Crippen LogP contribution in [0.4, 0.5) is 0 Å². The Morgan fingerprint density at radius 1 is 1.35 bits per heavy atom. The fraction of sp³-hybridized carbons (Fsp3) is 0.438. The number of esters is 1. The molecular formula is C16H21N3O5S2. The van der Waals surface area contributed by atoms with E-state index in [2.05, 4.69) is 4.99 Å². The van der Waals surface area contributed by atoms with E-state index in [1.54, 1.807) is 11.5 Å². The number of hydrogen-bond acceptors (Lipinski definition) is 6. The fourth-order valence-corrected chi connectivity index (χ4v) is 4.01. The molecule has 0 atom stereocenters. The predicted octanol–water partition coefficient (Wildman–Crippen LogP) is 1.39. The lowest BCUT2D eigenvalue weighted by Gasteiger charge is -2.05. The number of primary sulfonamides is 1. The van der Waals surface area contributed by atoms with Crippen molar-refractivity contribution in [2.45, 2.75) is 38.6 Å². The average Bonchev–Trinajstić information content (AvgIpc) is 2.82. The second kappa shape index (κ2) is 8.11. The molecule has 2 rings (SSSR count). The lowest BCUT2D eigenvalue weighted by atomic mass is 10.1. The minimum atomic E-state index is -3.86. The van der Waals surface area contributed by atoms with Gasteiger partial charge in [0, 0.05) is 6.42 Å². The zero-order valence-electron chi connectivity index (χ0n) is 14.8. The fourth-order valence-electron chi connectivity index (χ4n) is 2.31. The highest BCUT2D eigenvalue weighted by Crippen LogP contribution is 2.21. The van der Waals surface area contributed by atoms with Crippen LogP contribution in [-0.4, -0.2) is 31.5 Å². The largest absolute Gasteiger partial charge is 0.465 e. The Balaban J connectivity index is 2.62. The van der Waals surface area contributed by atoms with Crippen molar-refractivity contribution in [3.63, 3.8) is 0 Å². The number of fused-ring (bicyclic) bond motifs is 1. The molecule has 2 aromatic rings. The molecule has 26 heavy (non-hydrogen) atoms. The molecule has 0 aliphatic carbocycles. The number of aromatic nitrogens is 1. The van der Waals surface area contributed by atoms with Gasteiger partial charge in [0.25, 0.3) is 0 Å². The zero-order valence-corrected chi connectivity index (χ0v) is 16.4. The number of carbonyl (C=O) groups is 2. The summed E-state index contributed by atoms with van der Waals surface area (Å²) < 4.78 is 30.2. The summed E-state index contributed by atoms with van der Waals surface area (Å²) in [7, 11) is -3.86. The van der Waals surface area contributed by atoms with Crippen LogP contribution in [0, 0.1) is 5.92 Å². The van der Waals surface area contributed by atoms with Gasteiger partial charge in [-0.05, 0) is 31.0 Å². The summed E-state index contributed by atoms with van der Waals surface area (Å²) in [6, 6.07) is 4.30. The monoisotopic (exact) mass is 399 g/mol. The topological polar surface area (TPSA) is 121 Å². The maximum Gasteiger partial charge on any atom is 0.326 e. The molecule has 1 amide bonds. The van der Waals surface area contributed by atoms with Crippen molar-refractivity contribution < 1.29 is 22.7 Å². The summed E-state index contributed by atoms with van der Waals surface area (Å²) >= 11 is 1.12. The van der Waals surface area contributed by atoms with E-state index in [-0.39, 0.29) is 36.3 Å². The molecule has 1 aromatic heterocycles. The number of hydrogen-bond donors (Lipinski definition) is 1. The number of rotatable bonds is 6. The highest BCUT2D eigenvalue weighted by molar-refractivity contribution is 7.89. The van der Waals surface area contributed by atoms with Gasteiger partial charge in [0.15, 0.2) is 4.80 Å². The molecule has 0 fully saturated rings. The van der Waals surface area contributed by atoms with E-state index in [4.69, 9.17) is 9.88 Å². The first-order chi connectivity index (χ1) is 12.1. The van der Waals surface area contributed by atoms with Crippen molar-refractivity contribution >= 4 is 43.5 Å². The second-order valence-electron chi connectivity index (χ2n) is 6.05. The summed E-state index contributed by atoms with van der Waals surface area (Å²) in [4.78, 5) is 28.4. The van der Waals surface area contributed by atoms with Crippen LogP contribution in [0.15, 0.2) is 28.1 Å². The minimum Gasteiger partial charge on any atom is -0.465 e. The Morgan fingerprint density at radius 2 is 2.04 bits per heavy atom. The van der Waals surface area contributed by atoms with Crippen LogP contribution in [0.2, 0.25) is 0 Å². The smallest absolute Gasteiger partial charge is 0.326 e. The summed E-state index contributed by atoms with van der Waals surface area (Å²) in [5.41, 5.74) is 0.576. The van der Waals surface area contributed by atoms with Crippen LogP contribution in [0.5, 0.6) is 0 Å². The first-order valence-electron chi connectivity index (χ1n) is 8.01. The highest BCUT2D eigenvalue weighted by atomic mass is 32.2. The lowest BCUT2D eigenvalue weighted by Crippen LogP contribution is -2.23. The van der Waals surface area contributed by atoms with Gasteiger partial charge in [-0.25, -0.2) is 13.6 Å². The summed E-state index contributed by atoms with van der Waals surface area (Å²) in [6.07, 6.45) is 0.274. The van der Waals surface area contributed by atoms with Gasteiger partial charge < -0.3 is 9.30 Å². The van der Waals surface area contributed by atoms with E-state index < -0.39 is 16.0 Å². The minimum absolute atomic E-state index is 0.0467. The average molecular weight is 399 g/mol. The van der Waals surface area contributed by atoms with Crippen molar-refractivity contribution in [1.82, 2.24) is 4.57 Å². The van der Waals surface area contributed by atoms with Crippen molar-refractivity contribution in [2.75, 3.05) is 6.61 Å². The van der Waals surface area contributed by atoms with E-state index in [0.29, 0.717) is 15.0 Å². The van der Waals surface area contributed by atoms with Gasteiger partial charge >= 0.3 is 5.97 Å². The predicted molar refractivity (Wildman–Crippen MR) is 97.8 cm³/mol. The van der Waals surface area contributed by atoms with Crippen LogP contribution in [0.3, 0.4) is 0 Å². The molecule has 8 nitrogen and oxygen atoms in total. The van der Waals surface area contributed by atoms with Gasteiger partial charge in [0.1, 0.15) is 6.54 Å². The standard InChI is InChI=1S/C16H21N3O5S2/c1-4-24-15(21)9-19-12-6-5-11(26(17,22)23)8-13(12)25-16(19)18-14(20)7-10(2)3/h5-6,8,10H,4,7,9H2,1-3H3,(H2,17,22,23). The first-order valence-corrected chi connectivity index (χ1v) is 10.4. The van der Waals surface area contributed by atoms with Crippen LogP contribution < -0.4 is 9.94 Å². The Hall–Kier alpha value is -2.04. The molecule has 10 heteroatoms. The van der Waals surface area contributed by atoms with Crippen molar-refractivity contribution in [3.05, 3.63) is 23.0 Å². The summed E-state index contributed by atoms with van der Waals surface area (Å²) in [5, 5.41) is 5.17. The molecule has 0 saturated carbocycles. The van der Waals surface area contributed by atoms with Crippen LogP contribution in [0.1, 0.15) is 27.2 Å². The summed E-state index contributed by atoms with van der Waals surface area (Å²) in [5.74, 6) is -0.635. The molecule has 0 saturated heterocycles. The number of benzene rings is 1. The molecule has 0 aliphatic rings. The maximum absolute atomic E-state index is 12.1. The number of nitrogens with zero attached hydrogens (tertiary/aromatic N) is 2. The van der Waals surface area contributed by atoms with Crippen LogP contribution >= 0.6 is 11.3 Å². The third-order valence-corrected chi connectivity index (χ3v) is 5.33. The van der Waals surface area contributed by atoms with Crippen molar-refractivity contribution in [3.8, 4) is 0 Å². The highest BCUT2D eigenvalue weighted by Gasteiger charge is 2.15. The molecule has 142 valence electrons. The van der Waals surface area contributed by atoms with E-state index >= 15 is 0 Å². The Bertz CT molecular complexity index is 1000. The van der Waals surface area contributed by atoms with Crippen molar-refractivity contribution in [1.29, 1.82) is 0 Å².